The van der Waals surface area contributed by atoms with Crippen LogP contribution in [0.15, 0.2) is 36.4 Å². The highest BCUT2D eigenvalue weighted by Crippen LogP contribution is 2.37. The highest BCUT2D eigenvalue weighted by atomic mass is 16.5. The third kappa shape index (κ3) is 3.82. The summed E-state index contributed by atoms with van der Waals surface area (Å²) in [5.74, 6) is 0.822. The summed E-state index contributed by atoms with van der Waals surface area (Å²) in [6.07, 6.45) is 6.52. The third-order valence-electron chi connectivity index (χ3n) is 7.93. The minimum Gasteiger partial charge on any atom is -0.377 e. The van der Waals surface area contributed by atoms with Gasteiger partial charge in [0.1, 0.15) is 11.4 Å². The average molecular weight is 460 g/mol. The Bertz CT molecular complexity index is 1280. The van der Waals surface area contributed by atoms with Crippen LogP contribution in [0.3, 0.4) is 0 Å². The fourth-order valence-electron chi connectivity index (χ4n) is 6.16. The molecular weight excluding hydrogens is 424 g/mol. The van der Waals surface area contributed by atoms with E-state index in [-0.39, 0.29) is 0 Å². The van der Waals surface area contributed by atoms with Crippen LogP contribution < -0.4 is 9.80 Å². The molecule has 0 spiro atoms. The molecule has 0 unspecified atom stereocenters. The lowest BCUT2D eigenvalue weighted by Crippen LogP contribution is -2.62. The number of likely N-dealkylation sites (tertiary alicyclic amines) is 1. The van der Waals surface area contributed by atoms with Crippen molar-refractivity contribution < 1.29 is 4.74 Å². The maximum absolute atomic E-state index is 5.56. The summed E-state index contributed by atoms with van der Waals surface area (Å²) in [7, 11) is 0. The standard InChI is InChI=1S/C27H35N6O/c1-2-34-18-19-6-8-22-24(16-19)31-32-26(22)27-29-23-9-7-21(17-25(23)30-27)33(14-4-3-5-15-33)20-10-12-28-13-11-20/h6-9,16-17,20,28H,2-5,10-15,18H2,1H3,(H,29,30)(H,31,32)/q+1. The number of aromatic nitrogens is 4. The van der Waals surface area contributed by atoms with Crippen LogP contribution in [0.2, 0.25) is 0 Å². The first-order chi connectivity index (χ1) is 16.8. The van der Waals surface area contributed by atoms with Gasteiger partial charge in [-0.25, -0.2) is 4.98 Å². The molecule has 0 amide bonds. The molecule has 6 rings (SSSR count). The van der Waals surface area contributed by atoms with Crippen LogP contribution in [0.1, 0.15) is 44.6 Å². The van der Waals surface area contributed by atoms with E-state index >= 15 is 0 Å². The number of quaternary nitrogens is 1. The zero-order valence-electron chi connectivity index (χ0n) is 20.1. The molecule has 0 atom stereocenters. The number of fused-ring (bicyclic) bond motifs is 2. The lowest BCUT2D eigenvalue weighted by atomic mass is 9.95. The fourth-order valence-corrected chi connectivity index (χ4v) is 6.16. The summed E-state index contributed by atoms with van der Waals surface area (Å²) >= 11 is 0. The second kappa shape index (κ2) is 9.13. The molecule has 0 saturated carbocycles. The van der Waals surface area contributed by atoms with E-state index in [1.165, 1.54) is 50.9 Å². The van der Waals surface area contributed by atoms with E-state index in [1.807, 2.05) is 6.92 Å². The molecule has 4 heterocycles. The number of imidazole rings is 1. The zero-order valence-corrected chi connectivity index (χ0v) is 20.1. The van der Waals surface area contributed by atoms with Gasteiger partial charge in [0.25, 0.3) is 0 Å². The van der Waals surface area contributed by atoms with Crippen LogP contribution in [-0.2, 0) is 11.3 Å². The minimum atomic E-state index is 0.616. The van der Waals surface area contributed by atoms with Gasteiger partial charge in [0.15, 0.2) is 5.82 Å². The summed E-state index contributed by atoms with van der Waals surface area (Å²) in [5, 5.41) is 12.4. The average Bonchev–Trinajstić information content (AvgIpc) is 3.51. The van der Waals surface area contributed by atoms with Gasteiger partial charge in [-0.15, -0.1) is 0 Å². The molecule has 2 aliphatic rings. The first-order valence-electron chi connectivity index (χ1n) is 12.9. The fraction of sp³-hybridized carbons (Fsp3) is 0.481. The number of nitrogens with one attached hydrogen (secondary N) is 3. The van der Waals surface area contributed by atoms with Crippen LogP contribution in [-0.4, -0.2) is 59.0 Å². The zero-order chi connectivity index (χ0) is 23.0. The molecule has 2 aromatic carbocycles. The van der Waals surface area contributed by atoms with E-state index in [9.17, 15) is 0 Å². The maximum atomic E-state index is 5.56. The number of aromatic amines is 2. The number of hydrogen-bond donors (Lipinski definition) is 3. The summed E-state index contributed by atoms with van der Waals surface area (Å²) < 4.78 is 6.69. The molecule has 7 nitrogen and oxygen atoms in total. The van der Waals surface area contributed by atoms with Crippen LogP contribution >= 0.6 is 0 Å². The van der Waals surface area contributed by atoms with Gasteiger partial charge < -0.3 is 15.0 Å². The molecule has 7 heteroatoms. The van der Waals surface area contributed by atoms with Crippen molar-refractivity contribution in [2.75, 3.05) is 32.8 Å². The van der Waals surface area contributed by atoms with Gasteiger partial charge in [-0.05, 0) is 43.9 Å². The molecule has 0 bridgehead atoms. The Hall–Kier alpha value is -2.74. The van der Waals surface area contributed by atoms with E-state index < -0.39 is 0 Å². The minimum absolute atomic E-state index is 0.616. The Labute approximate surface area is 200 Å². The number of H-pyrrole nitrogens is 2. The van der Waals surface area contributed by atoms with E-state index in [2.05, 4.69) is 56.9 Å². The topological polar surface area (TPSA) is 78.6 Å². The summed E-state index contributed by atoms with van der Waals surface area (Å²) in [6.45, 7) is 8.13. The molecule has 2 aliphatic heterocycles. The molecule has 0 aliphatic carbocycles. The smallest absolute Gasteiger partial charge is 0.159 e. The maximum Gasteiger partial charge on any atom is 0.159 e. The third-order valence-corrected chi connectivity index (χ3v) is 7.93. The second-order valence-corrected chi connectivity index (χ2v) is 9.90. The lowest BCUT2D eigenvalue weighted by Gasteiger charge is -2.48. The van der Waals surface area contributed by atoms with Crippen LogP contribution in [0.25, 0.3) is 33.5 Å². The Morgan fingerprint density at radius 3 is 2.68 bits per heavy atom. The molecule has 2 fully saturated rings. The van der Waals surface area contributed by atoms with Gasteiger partial charge in [0, 0.05) is 50.1 Å². The van der Waals surface area contributed by atoms with Gasteiger partial charge in [-0.3, -0.25) is 9.58 Å². The van der Waals surface area contributed by atoms with E-state index in [4.69, 9.17) is 9.72 Å². The van der Waals surface area contributed by atoms with Gasteiger partial charge in [0.05, 0.1) is 42.3 Å². The highest BCUT2D eigenvalue weighted by Gasteiger charge is 2.41. The van der Waals surface area contributed by atoms with Crippen LogP contribution in [0.5, 0.6) is 0 Å². The number of piperidine rings is 2. The van der Waals surface area contributed by atoms with E-state index in [0.29, 0.717) is 19.3 Å². The number of rotatable bonds is 6. The number of benzene rings is 2. The van der Waals surface area contributed by atoms with Crippen molar-refractivity contribution in [2.24, 2.45) is 0 Å². The Morgan fingerprint density at radius 1 is 1.00 bits per heavy atom. The van der Waals surface area contributed by atoms with Crippen molar-refractivity contribution >= 4 is 27.6 Å². The molecule has 2 aromatic heterocycles. The van der Waals surface area contributed by atoms with E-state index in [1.54, 1.807) is 0 Å². The quantitative estimate of drug-likeness (QED) is 0.359. The highest BCUT2D eigenvalue weighted by molar-refractivity contribution is 5.93. The predicted octanol–water partition coefficient (Wildman–Crippen LogP) is 4.89. The first kappa shape index (κ1) is 21.8. The van der Waals surface area contributed by atoms with Crippen molar-refractivity contribution in [1.82, 2.24) is 30.0 Å². The molecule has 3 N–H and O–H groups in total. The lowest BCUT2D eigenvalue weighted by molar-refractivity contribution is 0.134. The van der Waals surface area contributed by atoms with Crippen molar-refractivity contribution in [2.45, 2.75) is 51.7 Å². The van der Waals surface area contributed by atoms with Crippen LogP contribution in [0, 0.1) is 0 Å². The monoisotopic (exact) mass is 459 g/mol. The Balaban J connectivity index is 1.36. The summed E-state index contributed by atoms with van der Waals surface area (Å²) in [4.78, 5) is 8.52. The molecule has 178 valence electrons. The number of hydrogen-bond acceptors (Lipinski definition) is 4. The molecule has 4 aromatic rings. The summed E-state index contributed by atoms with van der Waals surface area (Å²) in [6, 6.07) is 14.0. The number of nitrogens with zero attached hydrogens (tertiary/aromatic N) is 3. The summed E-state index contributed by atoms with van der Waals surface area (Å²) in [5.41, 5.74) is 6.58. The van der Waals surface area contributed by atoms with Crippen LogP contribution in [0.4, 0.5) is 5.69 Å². The second-order valence-electron chi connectivity index (χ2n) is 9.90. The van der Waals surface area contributed by atoms with E-state index in [0.717, 1.165) is 56.6 Å². The first-order valence-corrected chi connectivity index (χ1v) is 12.9. The van der Waals surface area contributed by atoms with Crippen molar-refractivity contribution in [3.63, 3.8) is 0 Å². The van der Waals surface area contributed by atoms with Crippen molar-refractivity contribution in [1.29, 1.82) is 0 Å². The molecule has 2 saturated heterocycles. The normalized spacial score (nSPS) is 19.2. The molecule has 34 heavy (non-hydrogen) atoms. The van der Waals surface area contributed by atoms with Gasteiger partial charge in [0.2, 0.25) is 0 Å². The predicted molar refractivity (Wildman–Crippen MR) is 138 cm³/mol. The molecular formula is C27H35N6O+. The van der Waals surface area contributed by atoms with Gasteiger partial charge >= 0.3 is 0 Å². The van der Waals surface area contributed by atoms with Crippen molar-refractivity contribution in [3.8, 4) is 11.5 Å². The van der Waals surface area contributed by atoms with Gasteiger partial charge in [-0.1, -0.05) is 12.1 Å². The molecule has 0 radical (unpaired) electrons. The largest absolute Gasteiger partial charge is 0.377 e. The SMILES string of the molecule is CCOCc1ccc2c(-c3nc4ccc([N+]5(C6CCNCC6)CCCCC5)cc4[nH]3)n[nH]c2c1. The van der Waals surface area contributed by atoms with Gasteiger partial charge in [-0.2, -0.15) is 5.10 Å². The number of ether oxygens (including phenoxy) is 1. The van der Waals surface area contributed by atoms with Crippen molar-refractivity contribution in [3.05, 3.63) is 42.0 Å². The Morgan fingerprint density at radius 2 is 1.85 bits per heavy atom. The Kier molecular flexibility index (Phi) is 5.85.